The molecule has 3 heteroatoms. The van der Waals surface area contributed by atoms with Crippen LogP contribution in [0.2, 0.25) is 4.34 Å². The van der Waals surface area contributed by atoms with E-state index in [1.165, 1.54) is 36.1 Å². The first-order valence-electron chi connectivity index (χ1n) is 7.35. The second kappa shape index (κ2) is 6.75. The minimum Gasteiger partial charge on any atom is -0.308 e. The number of nitrogens with one attached hydrogen (secondary N) is 1. The molecule has 1 aromatic carbocycles. The summed E-state index contributed by atoms with van der Waals surface area (Å²) in [6, 6.07) is 15.6. The SMILES string of the molecule is Clc1ccc(CNC2CCCCC2c2ccccc2)s1. The molecule has 1 aromatic heterocycles. The van der Waals surface area contributed by atoms with Crippen molar-refractivity contribution < 1.29 is 0 Å². The van der Waals surface area contributed by atoms with Crippen LogP contribution in [0.25, 0.3) is 0 Å². The Morgan fingerprint density at radius 3 is 2.60 bits per heavy atom. The largest absolute Gasteiger partial charge is 0.308 e. The third kappa shape index (κ3) is 3.43. The lowest BCUT2D eigenvalue weighted by Gasteiger charge is -2.32. The first-order valence-corrected chi connectivity index (χ1v) is 8.55. The van der Waals surface area contributed by atoms with E-state index in [2.05, 4.69) is 41.7 Å². The molecule has 2 aromatic rings. The van der Waals surface area contributed by atoms with Crippen molar-refractivity contribution in [2.75, 3.05) is 0 Å². The molecule has 1 aliphatic carbocycles. The standard InChI is InChI=1S/C17H20ClNS/c18-17-11-10-14(20-17)12-19-16-9-5-4-8-15(16)13-6-2-1-3-7-13/h1-3,6-7,10-11,15-16,19H,4-5,8-9,12H2. The number of rotatable bonds is 4. The highest BCUT2D eigenvalue weighted by molar-refractivity contribution is 7.16. The van der Waals surface area contributed by atoms with Crippen molar-refractivity contribution >= 4 is 22.9 Å². The van der Waals surface area contributed by atoms with Gasteiger partial charge in [0.15, 0.2) is 0 Å². The highest BCUT2D eigenvalue weighted by atomic mass is 35.5. The molecule has 2 unspecified atom stereocenters. The van der Waals surface area contributed by atoms with Crippen molar-refractivity contribution in [3.8, 4) is 0 Å². The predicted molar refractivity (Wildman–Crippen MR) is 87.6 cm³/mol. The molecule has 0 spiro atoms. The van der Waals surface area contributed by atoms with Crippen molar-refractivity contribution in [1.82, 2.24) is 5.32 Å². The Balaban J connectivity index is 1.66. The van der Waals surface area contributed by atoms with Gasteiger partial charge in [0.1, 0.15) is 0 Å². The van der Waals surface area contributed by atoms with Crippen LogP contribution in [0, 0.1) is 0 Å². The molecule has 20 heavy (non-hydrogen) atoms. The van der Waals surface area contributed by atoms with Crippen LogP contribution in [0.5, 0.6) is 0 Å². The maximum atomic E-state index is 6.00. The molecule has 1 aliphatic rings. The van der Waals surface area contributed by atoms with Gasteiger partial charge in [-0.05, 0) is 36.5 Å². The summed E-state index contributed by atoms with van der Waals surface area (Å²) in [6.07, 6.45) is 5.26. The molecule has 0 radical (unpaired) electrons. The average Bonchev–Trinajstić information content (AvgIpc) is 2.92. The lowest BCUT2D eigenvalue weighted by molar-refractivity contribution is 0.327. The number of halogens is 1. The van der Waals surface area contributed by atoms with Gasteiger partial charge in [-0.3, -0.25) is 0 Å². The number of hydrogen-bond donors (Lipinski definition) is 1. The lowest BCUT2D eigenvalue weighted by atomic mass is 9.80. The Morgan fingerprint density at radius 2 is 1.85 bits per heavy atom. The zero-order chi connectivity index (χ0) is 13.8. The molecule has 1 nitrogen and oxygen atoms in total. The van der Waals surface area contributed by atoms with Gasteiger partial charge in [0, 0.05) is 17.5 Å². The molecule has 0 amide bonds. The monoisotopic (exact) mass is 305 g/mol. The van der Waals surface area contributed by atoms with Crippen molar-refractivity contribution in [3.63, 3.8) is 0 Å². The van der Waals surface area contributed by atoms with Gasteiger partial charge in [0.05, 0.1) is 4.34 Å². The van der Waals surface area contributed by atoms with Gasteiger partial charge in [-0.15, -0.1) is 11.3 Å². The smallest absolute Gasteiger partial charge is 0.0931 e. The van der Waals surface area contributed by atoms with Gasteiger partial charge in [-0.25, -0.2) is 0 Å². The minimum absolute atomic E-state index is 0.590. The highest BCUT2D eigenvalue weighted by Crippen LogP contribution is 2.33. The maximum Gasteiger partial charge on any atom is 0.0931 e. The van der Waals surface area contributed by atoms with E-state index in [0.29, 0.717) is 12.0 Å². The third-order valence-electron chi connectivity index (χ3n) is 4.16. The van der Waals surface area contributed by atoms with Crippen LogP contribution in [0.1, 0.15) is 42.0 Å². The van der Waals surface area contributed by atoms with Crippen LogP contribution in [0.4, 0.5) is 0 Å². The lowest BCUT2D eigenvalue weighted by Crippen LogP contribution is -2.36. The molecular formula is C17H20ClNS. The van der Waals surface area contributed by atoms with Crippen molar-refractivity contribution in [3.05, 3.63) is 57.2 Å². The molecule has 1 saturated carbocycles. The average molecular weight is 306 g/mol. The van der Waals surface area contributed by atoms with Crippen molar-refractivity contribution in [1.29, 1.82) is 0 Å². The zero-order valence-corrected chi connectivity index (χ0v) is 13.1. The Morgan fingerprint density at radius 1 is 1.05 bits per heavy atom. The molecule has 1 N–H and O–H groups in total. The molecule has 0 bridgehead atoms. The number of hydrogen-bond acceptors (Lipinski definition) is 2. The summed E-state index contributed by atoms with van der Waals surface area (Å²) in [5.74, 6) is 0.653. The van der Waals surface area contributed by atoms with Gasteiger partial charge in [-0.2, -0.15) is 0 Å². The van der Waals surface area contributed by atoms with E-state index in [-0.39, 0.29) is 0 Å². The molecule has 1 fully saturated rings. The maximum absolute atomic E-state index is 6.00. The van der Waals surface area contributed by atoms with Crippen LogP contribution in [0.3, 0.4) is 0 Å². The topological polar surface area (TPSA) is 12.0 Å². The summed E-state index contributed by atoms with van der Waals surface area (Å²) in [5, 5.41) is 3.75. The number of benzene rings is 1. The molecule has 1 heterocycles. The van der Waals surface area contributed by atoms with Crippen molar-refractivity contribution in [2.45, 2.75) is 44.2 Å². The van der Waals surface area contributed by atoms with Crippen LogP contribution in [-0.4, -0.2) is 6.04 Å². The molecule has 3 rings (SSSR count). The fourth-order valence-corrected chi connectivity index (χ4v) is 4.19. The van der Waals surface area contributed by atoms with Crippen molar-refractivity contribution in [2.24, 2.45) is 0 Å². The van der Waals surface area contributed by atoms with E-state index in [0.717, 1.165) is 10.9 Å². The van der Waals surface area contributed by atoms with E-state index in [1.54, 1.807) is 11.3 Å². The molecule has 2 atom stereocenters. The quantitative estimate of drug-likeness (QED) is 0.817. The van der Waals surface area contributed by atoms with E-state index >= 15 is 0 Å². The summed E-state index contributed by atoms with van der Waals surface area (Å²) in [6.45, 7) is 0.936. The summed E-state index contributed by atoms with van der Waals surface area (Å²) in [4.78, 5) is 1.33. The van der Waals surface area contributed by atoms with E-state index in [9.17, 15) is 0 Å². The van der Waals surface area contributed by atoms with Crippen LogP contribution in [0.15, 0.2) is 42.5 Å². The predicted octanol–water partition coefficient (Wildman–Crippen LogP) is 5.22. The Hall–Kier alpha value is -0.830. The first-order chi connectivity index (χ1) is 9.83. The third-order valence-corrected chi connectivity index (χ3v) is 5.39. The minimum atomic E-state index is 0.590. The first kappa shape index (κ1) is 14.1. The molecule has 106 valence electrons. The Labute approximate surface area is 130 Å². The van der Waals surface area contributed by atoms with Gasteiger partial charge in [0.2, 0.25) is 0 Å². The van der Waals surface area contributed by atoms with Gasteiger partial charge >= 0.3 is 0 Å². The summed E-state index contributed by atoms with van der Waals surface area (Å²) < 4.78 is 0.880. The van der Waals surface area contributed by atoms with Gasteiger partial charge in [-0.1, -0.05) is 54.8 Å². The highest BCUT2D eigenvalue weighted by Gasteiger charge is 2.25. The molecular weight excluding hydrogens is 286 g/mol. The summed E-state index contributed by atoms with van der Waals surface area (Å²) >= 11 is 7.67. The van der Waals surface area contributed by atoms with E-state index in [4.69, 9.17) is 11.6 Å². The summed E-state index contributed by atoms with van der Waals surface area (Å²) in [7, 11) is 0. The van der Waals surface area contributed by atoms with Crippen LogP contribution < -0.4 is 5.32 Å². The Kier molecular flexibility index (Phi) is 4.77. The van der Waals surface area contributed by atoms with Gasteiger partial charge < -0.3 is 5.32 Å². The number of thiophene rings is 1. The molecule has 0 aliphatic heterocycles. The van der Waals surface area contributed by atoms with Crippen LogP contribution >= 0.6 is 22.9 Å². The fraction of sp³-hybridized carbons (Fsp3) is 0.412. The normalized spacial score (nSPS) is 22.9. The van der Waals surface area contributed by atoms with E-state index < -0.39 is 0 Å². The van der Waals surface area contributed by atoms with E-state index in [1.807, 2.05) is 6.07 Å². The van der Waals surface area contributed by atoms with Crippen LogP contribution in [-0.2, 0) is 6.54 Å². The molecule has 0 saturated heterocycles. The Bertz CT molecular complexity index is 537. The van der Waals surface area contributed by atoms with Gasteiger partial charge in [0.25, 0.3) is 0 Å². The fourth-order valence-electron chi connectivity index (χ4n) is 3.15. The zero-order valence-electron chi connectivity index (χ0n) is 11.5. The second-order valence-electron chi connectivity index (χ2n) is 5.49. The second-order valence-corrected chi connectivity index (χ2v) is 7.29. The summed E-state index contributed by atoms with van der Waals surface area (Å²) in [5.41, 5.74) is 1.48.